The van der Waals surface area contributed by atoms with Crippen LogP contribution >= 0.6 is 11.8 Å². The van der Waals surface area contributed by atoms with Crippen LogP contribution in [0.4, 0.5) is 13.2 Å². The van der Waals surface area contributed by atoms with Gasteiger partial charge in [0.15, 0.2) is 0 Å². The van der Waals surface area contributed by atoms with Crippen molar-refractivity contribution >= 4 is 11.8 Å². The summed E-state index contributed by atoms with van der Waals surface area (Å²) in [7, 11) is 0. The predicted octanol–water partition coefficient (Wildman–Crippen LogP) is 7.24. The van der Waals surface area contributed by atoms with Crippen LogP contribution in [0.2, 0.25) is 0 Å². The molecule has 0 saturated carbocycles. The standard InChI is InChI=1S/C22H19F3OS/c1-14-12-20(10-11-21(14)26)27-15(2)17-4-3-5-18(13-17)16-6-8-19(9-7-16)22(23,24)25/h3-13,15,26H,1-2H3. The number of alkyl halides is 3. The third-order valence-electron chi connectivity index (χ3n) is 4.38. The fourth-order valence-electron chi connectivity index (χ4n) is 2.80. The number of halogens is 3. The van der Waals surface area contributed by atoms with Crippen molar-refractivity contribution in [3.63, 3.8) is 0 Å². The molecule has 1 nitrogen and oxygen atoms in total. The highest BCUT2D eigenvalue weighted by atomic mass is 32.2. The zero-order valence-corrected chi connectivity index (χ0v) is 15.7. The maximum atomic E-state index is 12.7. The largest absolute Gasteiger partial charge is 0.508 e. The van der Waals surface area contributed by atoms with Gasteiger partial charge in [0.25, 0.3) is 0 Å². The number of phenolic OH excluding ortho intramolecular Hbond substituents is 1. The number of hydrogen-bond donors (Lipinski definition) is 1. The third-order valence-corrected chi connectivity index (χ3v) is 5.53. The van der Waals surface area contributed by atoms with Gasteiger partial charge in [0, 0.05) is 10.1 Å². The van der Waals surface area contributed by atoms with E-state index in [0.717, 1.165) is 39.3 Å². The lowest BCUT2D eigenvalue weighted by atomic mass is 10.0. The van der Waals surface area contributed by atoms with E-state index in [4.69, 9.17) is 0 Å². The van der Waals surface area contributed by atoms with Crippen LogP contribution in [0.15, 0.2) is 71.6 Å². The van der Waals surface area contributed by atoms with Gasteiger partial charge in [-0.2, -0.15) is 13.2 Å². The molecule has 0 radical (unpaired) electrons. The minimum absolute atomic E-state index is 0.156. The first kappa shape index (κ1) is 19.4. The first-order valence-corrected chi connectivity index (χ1v) is 9.36. The Morgan fingerprint density at radius 2 is 1.59 bits per heavy atom. The van der Waals surface area contributed by atoms with E-state index < -0.39 is 11.7 Å². The van der Waals surface area contributed by atoms with Gasteiger partial charge in [0.1, 0.15) is 5.75 Å². The fourth-order valence-corrected chi connectivity index (χ4v) is 3.88. The van der Waals surface area contributed by atoms with Crippen molar-refractivity contribution in [3.8, 4) is 16.9 Å². The Labute approximate surface area is 160 Å². The van der Waals surface area contributed by atoms with E-state index in [1.165, 1.54) is 12.1 Å². The molecule has 1 N–H and O–H groups in total. The number of hydrogen-bond acceptors (Lipinski definition) is 2. The number of aryl methyl sites for hydroxylation is 1. The van der Waals surface area contributed by atoms with Crippen molar-refractivity contribution in [3.05, 3.63) is 83.4 Å². The molecule has 3 rings (SSSR count). The van der Waals surface area contributed by atoms with Gasteiger partial charge >= 0.3 is 6.18 Å². The van der Waals surface area contributed by atoms with Crippen LogP contribution in [0.3, 0.4) is 0 Å². The van der Waals surface area contributed by atoms with Crippen LogP contribution in [0.25, 0.3) is 11.1 Å². The SMILES string of the molecule is Cc1cc(SC(C)c2cccc(-c3ccc(C(F)(F)F)cc3)c2)ccc1O. The minimum atomic E-state index is -4.33. The smallest absolute Gasteiger partial charge is 0.416 e. The van der Waals surface area contributed by atoms with Gasteiger partial charge in [-0.1, -0.05) is 36.4 Å². The topological polar surface area (TPSA) is 20.2 Å². The molecule has 0 spiro atoms. The Morgan fingerprint density at radius 1 is 0.889 bits per heavy atom. The Kier molecular flexibility index (Phi) is 5.51. The van der Waals surface area contributed by atoms with E-state index in [9.17, 15) is 18.3 Å². The number of rotatable bonds is 4. The predicted molar refractivity (Wildman–Crippen MR) is 104 cm³/mol. The monoisotopic (exact) mass is 388 g/mol. The minimum Gasteiger partial charge on any atom is -0.508 e. The molecule has 0 amide bonds. The summed E-state index contributed by atoms with van der Waals surface area (Å²) in [6, 6.07) is 18.6. The molecule has 0 aromatic heterocycles. The van der Waals surface area contributed by atoms with Crippen LogP contribution in [0.5, 0.6) is 5.75 Å². The van der Waals surface area contributed by atoms with Gasteiger partial charge in [-0.05, 0) is 66.4 Å². The van der Waals surface area contributed by atoms with Crippen LogP contribution < -0.4 is 0 Å². The second-order valence-electron chi connectivity index (χ2n) is 6.41. The second kappa shape index (κ2) is 7.69. The quantitative estimate of drug-likeness (QED) is 0.475. The van der Waals surface area contributed by atoms with Crippen LogP contribution in [0, 0.1) is 6.92 Å². The number of aromatic hydroxyl groups is 1. The molecule has 0 saturated heterocycles. The van der Waals surface area contributed by atoms with Crippen molar-refractivity contribution in [2.45, 2.75) is 30.2 Å². The lowest BCUT2D eigenvalue weighted by Crippen LogP contribution is -2.04. The lowest BCUT2D eigenvalue weighted by Gasteiger charge is -2.14. The van der Waals surface area contributed by atoms with E-state index in [2.05, 4.69) is 6.92 Å². The molecule has 0 aliphatic heterocycles. The second-order valence-corrected chi connectivity index (χ2v) is 7.82. The summed E-state index contributed by atoms with van der Waals surface area (Å²) >= 11 is 1.67. The third kappa shape index (κ3) is 4.66. The fraction of sp³-hybridized carbons (Fsp3) is 0.182. The van der Waals surface area contributed by atoms with Gasteiger partial charge in [0.05, 0.1) is 5.56 Å². The van der Waals surface area contributed by atoms with Gasteiger partial charge in [-0.15, -0.1) is 11.8 Å². The zero-order valence-electron chi connectivity index (χ0n) is 14.9. The van der Waals surface area contributed by atoms with Crippen molar-refractivity contribution in [2.24, 2.45) is 0 Å². The molecule has 140 valence electrons. The van der Waals surface area contributed by atoms with Crippen molar-refractivity contribution in [1.82, 2.24) is 0 Å². The van der Waals surface area contributed by atoms with Gasteiger partial charge < -0.3 is 5.11 Å². The highest BCUT2D eigenvalue weighted by Crippen LogP contribution is 2.38. The van der Waals surface area contributed by atoms with Gasteiger partial charge in [-0.3, -0.25) is 0 Å². The summed E-state index contributed by atoms with van der Waals surface area (Å²) in [5.74, 6) is 0.274. The Morgan fingerprint density at radius 3 is 2.22 bits per heavy atom. The molecule has 1 unspecified atom stereocenters. The molecule has 3 aromatic rings. The normalized spacial score (nSPS) is 12.8. The van der Waals surface area contributed by atoms with E-state index in [1.54, 1.807) is 17.8 Å². The number of phenols is 1. The molecule has 0 aliphatic rings. The molecular weight excluding hydrogens is 369 g/mol. The average molecular weight is 388 g/mol. The van der Waals surface area contributed by atoms with Crippen LogP contribution in [-0.2, 0) is 6.18 Å². The van der Waals surface area contributed by atoms with Crippen molar-refractivity contribution < 1.29 is 18.3 Å². The first-order chi connectivity index (χ1) is 12.7. The van der Waals surface area contributed by atoms with Gasteiger partial charge in [0.2, 0.25) is 0 Å². The summed E-state index contributed by atoms with van der Waals surface area (Å²) in [6.45, 7) is 3.94. The summed E-state index contributed by atoms with van der Waals surface area (Å²) in [5.41, 5.74) is 2.90. The molecule has 0 heterocycles. The lowest BCUT2D eigenvalue weighted by molar-refractivity contribution is -0.137. The molecular formula is C22H19F3OS. The Bertz CT molecular complexity index is 933. The molecule has 0 fully saturated rings. The average Bonchev–Trinajstić information content (AvgIpc) is 2.64. The summed E-state index contributed by atoms with van der Waals surface area (Å²) in [5, 5.41) is 9.80. The molecule has 0 bridgehead atoms. The number of benzene rings is 3. The molecule has 3 aromatic carbocycles. The highest BCUT2D eigenvalue weighted by molar-refractivity contribution is 7.99. The molecule has 0 aliphatic carbocycles. The van der Waals surface area contributed by atoms with E-state index in [1.807, 2.05) is 43.3 Å². The molecule has 27 heavy (non-hydrogen) atoms. The zero-order chi connectivity index (χ0) is 19.6. The van der Waals surface area contributed by atoms with E-state index in [0.29, 0.717) is 0 Å². The Balaban J connectivity index is 1.81. The van der Waals surface area contributed by atoms with Gasteiger partial charge in [-0.25, -0.2) is 0 Å². The van der Waals surface area contributed by atoms with Crippen LogP contribution in [0.1, 0.15) is 28.9 Å². The first-order valence-electron chi connectivity index (χ1n) is 8.48. The van der Waals surface area contributed by atoms with Crippen LogP contribution in [-0.4, -0.2) is 5.11 Å². The van der Waals surface area contributed by atoms with E-state index in [-0.39, 0.29) is 11.0 Å². The summed E-state index contributed by atoms with van der Waals surface area (Å²) in [4.78, 5) is 1.05. The Hall–Kier alpha value is -2.40. The maximum Gasteiger partial charge on any atom is 0.416 e. The van der Waals surface area contributed by atoms with E-state index >= 15 is 0 Å². The summed E-state index contributed by atoms with van der Waals surface area (Å²) < 4.78 is 38.2. The summed E-state index contributed by atoms with van der Waals surface area (Å²) in [6.07, 6.45) is -4.33. The van der Waals surface area contributed by atoms with Crippen molar-refractivity contribution in [1.29, 1.82) is 0 Å². The highest BCUT2D eigenvalue weighted by Gasteiger charge is 2.29. The number of thioether (sulfide) groups is 1. The molecule has 5 heteroatoms. The molecule has 1 atom stereocenters. The van der Waals surface area contributed by atoms with Crippen molar-refractivity contribution in [2.75, 3.05) is 0 Å². The maximum absolute atomic E-state index is 12.7.